The molecule has 1 aromatic carbocycles. The van der Waals surface area contributed by atoms with Gasteiger partial charge >= 0.3 is 0 Å². The lowest BCUT2D eigenvalue weighted by Crippen LogP contribution is -2.29. The Kier molecular flexibility index (Phi) is 4.81. The van der Waals surface area contributed by atoms with Gasteiger partial charge in [0, 0.05) is 11.8 Å². The van der Waals surface area contributed by atoms with E-state index < -0.39 is 0 Å². The second-order valence-electron chi connectivity index (χ2n) is 7.10. The summed E-state index contributed by atoms with van der Waals surface area (Å²) < 4.78 is 5.13. The lowest BCUT2D eigenvalue weighted by atomic mass is 9.91. The number of piperidine rings is 1. The summed E-state index contributed by atoms with van der Waals surface area (Å²) in [5.74, 6) is 1.62. The highest BCUT2D eigenvalue weighted by Crippen LogP contribution is 2.32. The van der Waals surface area contributed by atoms with Gasteiger partial charge in [-0.25, -0.2) is 4.98 Å². The van der Waals surface area contributed by atoms with Crippen LogP contribution < -0.4 is 10.1 Å². The van der Waals surface area contributed by atoms with Gasteiger partial charge in [-0.3, -0.25) is 4.79 Å². The molecule has 1 aliphatic rings. The quantitative estimate of drug-likeness (QED) is 0.742. The molecule has 3 heterocycles. The number of carbonyl (C=O) groups excluding carboxylic acids is 1. The molecular weight excluding hydrogens is 340 g/mol. The van der Waals surface area contributed by atoms with Crippen LogP contribution in [0.4, 0.5) is 5.82 Å². The Bertz CT molecular complexity index is 940. The summed E-state index contributed by atoms with van der Waals surface area (Å²) in [4.78, 5) is 22.9. The number of pyridine rings is 1. The number of hydrogen-bond acceptors (Lipinski definition) is 4. The van der Waals surface area contributed by atoms with Crippen molar-refractivity contribution in [2.45, 2.75) is 18.8 Å². The maximum atomic E-state index is 12.5. The van der Waals surface area contributed by atoms with Gasteiger partial charge in [-0.15, -0.1) is 0 Å². The number of ether oxygens (including phenoxy) is 1. The third-order valence-corrected chi connectivity index (χ3v) is 5.30. The minimum absolute atomic E-state index is 0.180. The monoisotopic (exact) mass is 364 g/mol. The molecule has 0 unspecified atom stereocenters. The Labute approximate surface area is 158 Å². The Morgan fingerprint density at radius 2 is 1.93 bits per heavy atom. The average Bonchev–Trinajstić information content (AvgIpc) is 3.12. The van der Waals surface area contributed by atoms with Gasteiger partial charge in [0.1, 0.15) is 11.6 Å². The zero-order chi connectivity index (χ0) is 18.8. The van der Waals surface area contributed by atoms with E-state index in [0.29, 0.717) is 17.3 Å². The predicted molar refractivity (Wildman–Crippen MR) is 107 cm³/mol. The molecule has 0 spiro atoms. The molecular formula is C21H24N4O2. The minimum atomic E-state index is -0.180. The van der Waals surface area contributed by atoms with E-state index in [1.54, 1.807) is 31.4 Å². The number of carbonyl (C=O) groups is 1. The van der Waals surface area contributed by atoms with Crippen molar-refractivity contribution in [3.8, 4) is 5.75 Å². The summed E-state index contributed by atoms with van der Waals surface area (Å²) >= 11 is 0. The first-order valence-electron chi connectivity index (χ1n) is 9.26. The van der Waals surface area contributed by atoms with E-state index in [0.717, 1.165) is 42.7 Å². The average molecular weight is 364 g/mol. The van der Waals surface area contributed by atoms with E-state index in [1.165, 1.54) is 5.56 Å². The molecule has 3 aromatic rings. The third kappa shape index (κ3) is 3.66. The van der Waals surface area contributed by atoms with Gasteiger partial charge in [-0.2, -0.15) is 0 Å². The molecule has 2 N–H and O–H groups in total. The van der Waals surface area contributed by atoms with Crippen LogP contribution in [0.5, 0.6) is 5.75 Å². The summed E-state index contributed by atoms with van der Waals surface area (Å²) in [6, 6.07) is 10.8. The largest absolute Gasteiger partial charge is 0.497 e. The first-order valence-corrected chi connectivity index (χ1v) is 9.26. The first kappa shape index (κ1) is 17.5. The maximum Gasteiger partial charge on any atom is 0.256 e. The summed E-state index contributed by atoms with van der Waals surface area (Å²) in [6.07, 6.45) is 4.34. The Hall–Kier alpha value is -2.86. The van der Waals surface area contributed by atoms with Crippen LogP contribution in [0.15, 0.2) is 42.6 Å². The zero-order valence-electron chi connectivity index (χ0n) is 15.7. The number of methoxy groups -OCH3 is 1. The third-order valence-electron chi connectivity index (χ3n) is 5.30. The highest BCUT2D eigenvalue weighted by Gasteiger charge is 2.22. The molecule has 1 fully saturated rings. The number of aromatic amines is 1. The topological polar surface area (TPSA) is 70.2 Å². The fourth-order valence-electron chi connectivity index (χ4n) is 3.65. The summed E-state index contributed by atoms with van der Waals surface area (Å²) in [7, 11) is 3.77. The fourth-order valence-corrected chi connectivity index (χ4v) is 3.65. The molecule has 4 rings (SSSR count). The number of likely N-dealkylation sites (tertiary alicyclic amines) is 1. The lowest BCUT2D eigenvalue weighted by molar-refractivity contribution is 0.102. The second-order valence-corrected chi connectivity index (χ2v) is 7.10. The summed E-state index contributed by atoms with van der Waals surface area (Å²) in [5, 5.41) is 2.90. The number of nitrogens with zero attached hydrogens (tertiary/aromatic N) is 2. The highest BCUT2D eigenvalue weighted by molar-refractivity contribution is 6.04. The van der Waals surface area contributed by atoms with Gasteiger partial charge in [0.15, 0.2) is 0 Å². The standard InChI is InChI=1S/C21H24N4O2/c1-25-11-9-14(10-12-25)17-13-22-18-7-8-19(23-20(17)18)24-21(26)15-3-5-16(27-2)6-4-15/h3-8,13-14,22H,9-12H2,1-2H3,(H,23,24,26). The van der Waals surface area contributed by atoms with Crippen molar-refractivity contribution in [1.29, 1.82) is 0 Å². The number of benzene rings is 1. The van der Waals surface area contributed by atoms with Crippen LogP contribution in [0.2, 0.25) is 0 Å². The van der Waals surface area contributed by atoms with Crippen LogP contribution in [0.1, 0.15) is 34.7 Å². The van der Waals surface area contributed by atoms with Crippen LogP contribution in [0.25, 0.3) is 11.0 Å². The smallest absolute Gasteiger partial charge is 0.256 e. The maximum absolute atomic E-state index is 12.5. The number of fused-ring (bicyclic) bond motifs is 1. The van der Waals surface area contributed by atoms with E-state index in [4.69, 9.17) is 9.72 Å². The molecule has 0 atom stereocenters. The van der Waals surface area contributed by atoms with Gasteiger partial charge in [-0.05, 0) is 80.9 Å². The van der Waals surface area contributed by atoms with E-state index >= 15 is 0 Å². The molecule has 2 aromatic heterocycles. The second kappa shape index (κ2) is 7.40. The number of hydrogen-bond donors (Lipinski definition) is 2. The van der Waals surface area contributed by atoms with E-state index in [-0.39, 0.29) is 5.91 Å². The predicted octanol–water partition coefficient (Wildman–Crippen LogP) is 3.63. The molecule has 1 saturated heterocycles. The van der Waals surface area contributed by atoms with Crippen LogP contribution >= 0.6 is 0 Å². The van der Waals surface area contributed by atoms with Crippen LogP contribution in [-0.2, 0) is 0 Å². The molecule has 6 heteroatoms. The molecule has 1 aliphatic heterocycles. The molecule has 0 aliphatic carbocycles. The Morgan fingerprint density at radius 1 is 1.19 bits per heavy atom. The van der Waals surface area contributed by atoms with Gasteiger partial charge in [0.25, 0.3) is 5.91 Å². The lowest BCUT2D eigenvalue weighted by Gasteiger charge is -2.28. The van der Waals surface area contributed by atoms with Crippen molar-refractivity contribution in [3.05, 3.63) is 53.7 Å². The van der Waals surface area contributed by atoms with Crippen LogP contribution in [0, 0.1) is 0 Å². The number of nitrogens with one attached hydrogen (secondary N) is 2. The van der Waals surface area contributed by atoms with Crippen LogP contribution in [-0.4, -0.2) is 48.0 Å². The fraction of sp³-hybridized carbons (Fsp3) is 0.333. The molecule has 0 radical (unpaired) electrons. The molecule has 27 heavy (non-hydrogen) atoms. The van der Waals surface area contributed by atoms with E-state index in [2.05, 4.69) is 28.4 Å². The Balaban J connectivity index is 1.55. The minimum Gasteiger partial charge on any atom is -0.497 e. The molecule has 6 nitrogen and oxygen atoms in total. The van der Waals surface area contributed by atoms with E-state index in [9.17, 15) is 4.79 Å². The Morgan fingerprint density at radius 3 is 2.63 bits per heavy atom. The van der Waals surface area contributed by atoms with Crippen LogP contribution in [0.3, 0.4) is 0 Å². The van der Waals surface area contributed by atoms with Crippen molar-refractivity contribution in [2.24, 2.45) is 0 Å². The van der Waals surface area contributed by atoms with Crippen molar-refractivity contribution in [1.82, 2.24) is 14.9 Å². The van der Waals surface area contributed by atoms with Gasteiger partial charge < -0.3 is 19.9 Å². The van der Waals surface area contributed by atoms with Crippen molar-refractivity contribution in [3.63, 3.8) is 0 Å². The zero-order valence-corrected chi connectivity index (χ0v) is 15.7. The first-order chi connectivity index (χ1) is 13.1. The number of aromatic nitrogens is 2. The number of anilines is 1. The van der Waals surface area contributed by atoms with Crippen molar-refractivity contribution >= 4 is 22.8 Å². The SMILES string of the molecule is COc1ccc(C(=O)Nc2ccc3[nH]cc(C4CCN(C)CC4)c3n2)cc1. The molecule has 0 bridgehead atoms. The normalized spacial score (nSPS) is 15.8. The molecule has 1 amide bonds. The van der Waals surface area contributed by atoms with Crippen molar-refractivity contribution < 1.29 is 9.53 Å². The van der Waals surface area contributed by atoms with E-state index in [1.807, 2.05) is 12.1 Å². The van der Waals surface area contributed by atoms with Gasteiger partial charge in [0.2, 0.25) is 0 Å². The molecule has 0 saturated carbocycles. The summed E-state index contributed by atoms with van der Waals surface area (Å²) in [5.41, 5.74) is 3.78. The summed E-state index contributed by atoms with van der Waals surface area (Å²) in [6.45, 7) is 2.20. The number of amides is 1. The van der Waals surface area contributed by atoms with Crippen molar-refractivity contribution in [2.75, 3.05) is 32.6 Å². The highest BCUT2D eigenvalue weighted by atomic mass is 16.5. The van der Waals surface area contributed by atoms with Gasteiger partial charge in [-0.1, -0.05) is 0 Å². The number of rotatable bonds is 4. The molecule has 140 valence electrons. The van der Waals surface area contributed by atoms with Gasteiger partial charge in [0.05, 0.1) is 18.1 Å². The number of H-pyrrole nitrogens is 1.